The van der Waals surface area contributed by atoms with Crippen LogP contribution >= 0.6 is 0 Å². The molecule has 0 atom stereocenters. The summed E-state index contributed by atoms with van der Waals surface area (Å²) in [6.45, 7) is 7.40. The van der Waals surface area contributed by atoms with E-state index in [-0.39, 0.29) is 0 Å². The van der Waals surface area contributed by atoms with Gasteiger partial charge in [-0.3, -0.25) is 0 Å². The van der Waals surface area contributed by atoms with E-state index in [4.69, 9.17) is 0 Å². The molecular weight excluding hydrogens is 108 g/mol. The molecular formula is C9H16. The van der Waals surface area contributed by atoms with Gasteiger partial charge in [0.1, 0.15) is 0 Å². The maximum absolute atomic E-state index is 3.75. The van der Waals surface area contributed by atoms with Crippen LogP contribution in [0.15, 0.2) is 12.7 Å². The lowest BCUT2D eigenvalue weighted by atomic mass is 10.1. The lowest BCUT2D eigenvalue weighted by molar-refractivity contribution is 0.779. The van der Waals surface area contributed by atoms with E-state index in [9.17, 15) is 0 Å². The second kappa shape index (κ2) is 7.61. The summed E-state index contributed by atoms with van der Waals surface area (Å²) in [7, 11) is 0. The topological polar surface area (TPSA) is 0 Å². The zero-order chi connectivity index (χ0) is 6.95. The minimum Gasteiger partial charge on any atom is -0.324 e. The van der Waals surface area contributed by atoms with Gasteiger partial charge in [0.05, 0.1) is 13.3 Å². The third kappa shape index (κ3) is 7.61. The normalized spacial score (nSPS) is 9.33. The van der Waals surface area contributed by atoms with Crippen molar-refractivity contribution in [3.05, 3.63) is 26.0 Å². The fraction of sp³-hybridized carbons (Fsp3) is 0.556. The Bertz CT molecular complexity index is 55.1. The molecule has 0 aromatic heterocycles. The molecule has 0 aromatic rings. The first kappa shape index (κ1) is 8.61. The second-order valence-electron chi connectivity index (χ2n) is 2.15. The maximum Gasteiger partial charge on any atom is 0.0587 e. The average molecular weight is 124 g/mol. The van der Waals surface area contributed by atoms with Crippen molar-refractivity contribution in [2.45, 2.75) is 32.1 Å². The lowest BCUT2D eigenvalue weighted by Crippen LogP contribution is -1.76. The molecule has 52 valence electrons. The molecule has 0 heterocycles. The van der Waals surface area contributed by atoms with E-state index in [1.54, 1.807) is 0 Å². The molecule has 0 spiro atoms. The predicted octanol–water partition coefficient (Wildman–Crippen LogP) is 3.16. The van der Waals surface area contributed by atoms with Gasteiger partial charge < -0.3 is 6.42 Å². The predicted molar refractivity (Wildman–Crippen MR) is 42.9 cm³/mol. The van der Waals surface area contributed by atoms with E-state index < -0.39 is 0 Å². The van der Waals surface area contributed by atoms with Gasteiger partial charge in [-0.05, 0) is 6.42 Å². The van der Waals surface area contributed by atoms with Crippen LogP contribution in [0.4, 0.5) is 0 Å². The zero-order valence-corrected chi connectivity index (χ0v) is 6.10. The molecule has 0 fully saturated rings. The molecule has 0 nitrogen and oxygen atoms in total. The quantitative estimate of drug-likeness (QED) is 0.290. The van der Waals surface area contributed by atoms with Crippen LogP contribution in [0, 0.1) is 13.3 Å². The standard InChI is InChI=1S/C9H16/c1-3-5-7-9-8-6-4-2/h3,8H,1-2,4-7,9H2. The van der Waals surface area contributed by atoms with Crippen LogP contribution in [0.2, 0.25) is 0 Å². The van der Waals surface area contributed by atoms with E-state index in [1.165, 1.54) is 12.8 Å². The summed E-state index contributed by atoms with van der Waals surface area (Å²) >= 11 is 0. The minimum atomic E-state index is 1.04. The van der Waals surface area contributed by atoms with Crippen LogP contribution in [0.25, 0.3) is 0 Å². The summed E-state index contributed by atoms with van der Waals surface area (Å²) in [4.78, 5) is 0. The molecule has 0 rings (SSSR count). The summed E-state index contributed by atoms with van der Waals surface area (Å²) < 4.78 is 0. The molecule has 0 bridgehead atoms. The monoisotopic (exact) mass is 124 g/mol. The van der Waals surface area contributed by atoms with Crippen molar-refractivity contribution in [3.8, 4) is 0 Å². The smallest absolute Gasteiger partial charge is 0.0587 e. The highest BCUT2D eigenvalue weighted by Gasteiger charge is 1.77. The van der Waals surface area contributed by atoms with Gasteiger partial charge in [0, 0.05) is 0 Å². The van der Waals surface area contributed by atoms with Gasteiger partial charge in [-0.2, -0.15) is 6.42 Å². The van der Waals surface area contributed by atoms with Crippen LogP contribution in [0.3, 0.4) is 0 Å². The van der Waals surface area contributed by atoms with Gasteiger partial charge in [-0.15, -0.1) is 13.0 Å². The highest BCUT2D eigenvalue weighted by molar-refractivity contribution is 4.70. The van der Waals surface area contributed by atoms with Gasteiger partial charge in [0.25, 0.3) is 0 Å². The Balaban J connectivity index is 2.66. The lowest BCUT2D eigenvalue weighted by Gasteiger charge is -2.04. The molecule has 0 aliphatic rings. The van der Waals surface area contributed by atoms with E-state index in [1.807, 2.05) is 6.08 Å². The molecule has 0 radical (unpaired) electrons. The third-order valence-electron chi connectivity index (χ3n) is 1.22. The van der Waals surface area contributed by atoms with Crippen LogP contribution in [-0.4, -0.2) is 0 Å². The number of hydrogen-bond donors (Lipinski definition) is 0. The summed E-state index contributed by atoms with van der Waals surface area (Å²) in [6, 6.07) is 0. The van der Waals surface area contributed by atoms with Crippen LogP contribution in [0.1, 0.15) is 32.1 Å². The molecule has 0 heteroatoms. The summed E-state index contributed by atoms with van der Waals surface area (Å²) in [5, 5.41) is 0. The molecule has 0 aliphatic carbocycles. The van der Waals surface area contributed by atoms with Gasteiger partial charge in [0.15, 0.2) is 0 Å². The van der Waals surface area contributed by atoms with Crippen molar-refractivity contribution in [2.24, 2.45) is 0 Å². The van der Waals surface area contributed by atoms with Crippen molar-refractivity contribution < 1.29 is 0 Å². The molecule has 0 unspecified atom stereocenters. The van der Waals surface area contributed by atoms with Gasteiger partial charge in [-0.1, -0.05) is 12.5 Å². The van der Waals surface area contributed by atoms with Crippen molar-refractivity contribution in [1.29, 1.82) is 0 Å². The van der Waals surface area contributed by atoms with Crippen LogP contribution in [0.5, 0.6) is 0 Å². The van der Waals surface area contributed by atoms with Gasteiger partial charge in [0.2, 0.25) is 0 Å². The number of allylic oxidation sites excluding steroid dienone is 1. The fourth-order valence-electron chi connectivity index (χ4n) is 0.695. The van der Waals surface area contributed by atoms with Crippen LogP contribution < -0.4 is 0 Å². The summed E-state index contributed by atoms with van der Waals surface area (Å²) in [6.07, 6.45) is 10.1. The number of hydrogen-bond acceptors (Lipinski definition) is 0. The highest BCUT2D eigenvalue weighted by atomic mass is 13.9. The summed E-state index contributed by atoms with van der Waals surface area (Å²) in [5.74, 6) is 0. The Morgan fingerprint density at radius 2 is 2.22 bits per heavy atom. The first-order chi connectivity index (χ1) is 4.41. The molecule has 0 N–H and O–H groups in total. The van der Waals surface area contributed by atoms with E-state index >= 15 is 0 Å². The first-order valence-electron chi connectivity index (χ1n) is 3.63. The number of unbranched alkanes of at least 4 members (excludes halogenated alkanes) is 5. The Kier molecular flexibility index (Phi) is 7.28. The van der Waals surface area contributed by atoms with E-state index in [0.717, 1.165) is 19.3 Å². The van der Waals surface area contributed by atoms with Crippen molar-refractivity contribution in [1.82, 2.24) is 0 Å². The zero-order valence-electron chi connectivity index (χ0n) is 6.10. The maximum atomic E-state index is 3.75. The Morgan fingerprint density at radius 3 is 2.78 bits per heavy atom. The molecule has 0 saturated carbocycles. The Hall–Kier alpha value is -0.390. The molecule has 0 aliphatic heterocycles. The third-order valence-corrected chi connectivity index (χ3v) is 1.22. The summed E-state index contributed by atoms with van der Waals surface area (Å²) in [5.41, 5.74) is 0. The van der Waals surface area contributed by atoms with Crippen molar-refractivity contribution in [2.75, 3.05) is 0 Å². The number of rotatable bonds is 6. The van der Waals surface area contributed by atoms with Crippen LogP contribution in [-0.2, 0) is 0 Å². The fourth-order valence-corrected chi connectivity index (χ4v) is 0.695. The van der Waals surface area contributed by atoms with Crippen molar-refractivity contribution in [3.63, 3.8) is 0 Å². The molecule has 9 heavy (non-hydrogen) atoms. The van der Waals surface area contributed by atoms with Crippen molar-refractivity contribution >= 4 is 0 Å². The SMILES string of the molecule is C=CCCC[CH-]CC[CH2+]. The molecule has 0 aromatic carbocycles. The highest BCUT2D eigenvalue weighted by Crippen LogP contribution is 2.02. The van der Waals surface area contributed by atoms with Gasteiger partial charge >= 0.3 is 0 Å². The Labute approximate surface area is 59.0 Å². The average Bonchev–Trinajstić information content (AvgIpc) is 1.89. The molecule has 0 saturated heterocycles. The van der Waals surface area contributed by atoms with Gasteiger partial charge in [-0.25, -0.2) is 0 Å². The minimum absolute atomic E-state index is 1.04. The van der Waals surface area contributed by atoms with E-state index in [0.29, 0.717) is 0 Å². The second-order valence-corrected chi connectivity index (χ2v) is 2.15. The van der Waals surface area contributed by atoms with E-state index in [2.05, 4.69) is 19.9 Å². The first-order valence-corrected chi connectivity index (χ1v) is 3.63. The largest absolute Gasteiger partial charge is 0.324 e. The Morgan fingerprint density at radius 1 is 1.44 bits per heavy atom. The molecule has 0 amide bonds.